The van der Waals surface area contributed by atoms with Gasteiger partial charge in [0.2, 0.25) is 5.75 Å². The highest BCUT2D eigenvalue weighted by molar-refractivity contribution is 5.96. The molecule has 1 N–H and O–H groups in total. The van der Waals surface area contributed by atoms with Crippen molar-refractivity contribution in [3.63, 3.8) is 0 Å². The van der Waals surface area contributed by atoms with E-state index in [-0.39, 0.29) is 5.91 Å². The van der Waals surface area contributed by atoms with E-state index >= 15 is 0 Å². The molecule has 0 aliphatic carbocycles. The predicted octanol–water partition coefficient (Wildman–Crippen LogP) is 3.04. The lowest BCUT2D eigenvalue weighted by molar-refractivity contribution is 0.0954. The van der Waals surface area contributed by atoms with E-state index in [4.69, 9.17) is 14.2 Å². The SMILES string of the molecule is CCOc1cc(C(=O)NN=Cc2ccccn2)cc(OCC)c1OCC. The largest absolute Gasteiger partial charge is 0.490 e. The molecular formula is C19H23N3O4. The first-order chi connectivity index (χ1) is 12.7. The molecule has 0 spiro atoms. The number of rotatable bonds is 9. The summed E-state index contributed by atoms with van der Waals surface area (Å²) in [5, 5.41) is 3.93. The molecule has 0 unspecified atom stereocenters. The zero-order chi connectivity index (χ0) is 18.8. The summed E-state index contributed by atoms with van der Waals surface area (Å²) in [6.07, 6.45) is 3.12. The quantitative estimate of drug-likeness (QED) is 0.551. The van der Waals surface area contributed by atoms with Crippen LogP contribution in [0.1, 0.15) is 36.8 Å². The number of hydrazone groups is 1. The maximum atomic E-state index is 12.4. The number of nitrogens with one attached hydrogen (secondary N) is 1. The van der Waals surface area contributed by atoms with Crippen molar-refractivity contribution in [2.24, 2.45) is 5.10 Å². The number of amides is 1. The lowest BCUT2D eigenvalue weighted by Gasteiger charge is -2.16. The molecule has 1 heterocycles. The van der Waals surface area contributed by atoms with Crippen LogP contribution in [0, 0.1) is 0 Å². The van der Waals surface area contributed by atoms with E-state index in [0.29, 0.717) is 48.3 Å². The van der Waals surface area contributed by atoms with Crippen LogP contribution in [0.2, 0.25) is 0 Å². The fourth-order valence-electron chi connectivity index (χ4n) is 2.19. The molecule has 26 heavy (non-hydrogen) atoms. The minimum atomic E-state index is -0.387. The van der Waals surface area contributed by atoms with Gasteiger partial charge in [-0.3, -0.25) is 9.78 Å². The maximum Gasteiger partial charge on any atom is 0.271 e. The van der Waals surface area contributed by atoms with Crippen molar-refractivity contribution >= 4 is 12.1 Å². The Morgan fingerprint density at radius 2 is 1.73 bits per heavy atom. The van der Waals surface area contributed by atoms with E-state index in [1.165, 1.54) is 6.21 Å². The zero-order valence-corrected chi connectivity index (χ0v) is 15.2. The Labute approximate surface area is 153 Å². The highest BCUT2D eigenvalue weighted by Gasteiger charge is 2.18. The molecule has 2 rings (SSSR count). The molecular weight excluding hydrogens is 334 g/mol. The van der Waals surface area contributed by atoms with E-state index in [0.717, 1.165) is 0 Å². The van der Waals surface area contributed by atoms with Gasteiger partial charge in [-0.2, -0.15) is 5.10 Å². The molecule has 0 saturated carbocycles. The van der Waals surface area contributed by atoms with Gasteiger partial charge in [-0.15, -0.1) is 0 Å². The van der Waals surface area contributed by atoms with Crippen molar-refractivity contribution in [2.45, 2.75) is 20.8 Å². The molecule has 0 atom stereocenters. The molecule has 1 amide bonds. The molecule has 2 aromatic rings. The summed E-state index contributed by atoms with van der Waals surface area (Å²) in [7, 11) is 0. The zero-order valence-electron chi connectivity index (χ0n) is 15.2. The van der Waals surface area contributed by atoms with Crippen molar-refractivity contribution in [3.8, 4) is 17.2 Å². The number of pyridine rings is 1. The first kappa shape index (κ1) is 19.2. The Bertz CT molecular complexity index is 721. The summed E-state index contributed by atoms with van der Waals surface area (Å²) in [5.41, 5.74) is 3.48. The Kier molecular flexibility index (Phi) is 7.42. The smallest absolute Gasteiger partial charge is 0.271 e. The van der Waals surface area contributed by atoms with Crippen molar-refractivity contribution in [3.05, 3.63) is 47.8 Å². The van der Waals surface area contributed by atoms with Crippen LogP contribution in [-0.2, 0) is 0 Å². The summed E-state index contributed by atoms with van der Waals surface area (Å²) >= 11 is 0. The van der Waals surface area contributed by atoms with Gasteiger partial charge in [0.15, 0.2) is 11.5 Å². The van der Waals surface area contributed by atoms with Gasteiger partial charge >= 0.3 is 0 Å². The third-order valence-electron chi connectivity index (χ3n) is 3.22. The van der Waals surface area contributed by atoms with Gasteiger partial charge in [-0.1, -0.05) is 6.07 Å². The molecule has 0 aliphatic rings. The maximum absolute atomic E-state index is 12.4. The summed E-state index contributed by atoms with van der Waals surface area (Å²) in [4.78, 5) is 16.5. The Balaban J connectivity index is 2.23. The molecule has 0 saturated heterocycles. The van der Waals surface area contributed by atoms with Crippen LogP contribution in [0.25, 0.3) is 0 Å². The number of nitrogens with zero attached hydrogens (tertiary/aromatic N) is 2. The number of ether oxygens (including phenoxy) is 3. The van der Waals surface area contributed by atoms with Crippen LogP contribution < -0.4 is 19.6 Å². The standard InChI is InChI=1S/C19H23N3O4/c1-4-24-16-11-14(12-17(25-5-2)18(16)26-6-3)19(23)22-21-13-15-9-7-8-10-20-15/h7-13H,4-6H2,1-3H3,(H,22,23). The normalized spacial score (nSPS) is 10.6. The first-order valence-corrected chi connectivity index (χ1v) is 8.50. The first-order valence-electron chi connectivity index (χ1n) is 8.50. The molecule has 7 nitrogen and oxygen atoms in total. The van der Waals surface area contributed by atoms with Gasteiger partial charge in [0, 0.05) is 11.8 Å². The third-order valence-corrected chi connectivity index (χ3v) is 3.22. The fraction of sp³-hybridized carbons (Fsp3) is 0.316. The van der Waals surface area contributed by atoms with Gasteiger partial charge in [0.05, 0.1) is 31.7 Å². The van der Waals surface area contributed by atoms with Crippen LogP contribution in [0.4, 0.5) is 0 Å². The van der Waals surface area contributed by atoms with Gasteiger partial charge in [-0.05, 0) is 45.0 Å². The number of carbonyl (C=O) groups is 1. The van der Waals surface area contributed by atoms with Crippen molar-refractivity contribution in [1.82, 2.24) is 10.4 Å². The number of benzene rings is 1. The van der Waals surface area contributed by atoms with E-state index in [2.05, 4.69) is 15.5 Å². The summed E-state index contributed by atoms with van der Waals surface area (Å²) < 4.78 is 16.8. The highest BCUT2D eigenvalue weighted by Crippen LogP contribution is 2.39. The molecule has 0 bridgehead atoms. The molecule has 0 fully saturated rings. The van der Waals surface area contributed by atoms with Gasteiger partial charge in [0.1, 0.15) is 0 Å². The Morgan fingerprint density at radius 3 is 2.27 bits per heavy atom. The predicted molar refractivity (Wildman–Crippen MR) is 99.2 cm³/mol. The monoisotopic (exact) mass is 357 g/mol. The number of aromatic nitrogens is 1. The minimum Gasteiger partial charge on any atom is -0.490 e. The number of carbonyl (C=O) groups excluding carboxylic acids is 1. The van der Waals surface area contributed by atoms with Crippen molar-refractivity contribution in [1.29, 1.82) is 0 Å². The lowest BCUT2D eigenvalue weighted by Crippen LogP contribution is -2.18. The number of hydrogen-bond acceptors (Lipinski definition) is 6. The second-order valence-electron chi connectivity index (χ2n) is 5.05. The highest BCUT2D eigenvalue weighted by atomic mass is 16.5. The Hall–Kier alpha value is -3.09. The second-order valence-corrected chi connectivity index (χ2v) is 5.05. The van der Waals surface area contributed by atoms with E-state index in [1.807, 2.05) is 26.8 Å². The molecule has 1 aromatic carbocycles. The van der Waals surface area contributed by atoms with Crippen molar-refractivity contribution < 1.29 is 19.0 Å². The van der Waals surface area contributed by atoms with Crippen LogP contribution in [0.3, 0.4) is 0 Å². The number of hydrogen-bond donors (Lipinski definition) is 1. The topological polar surface area (TPSA) is 82.0 Å². The molecule has 138 valence electrons. The molecule has 0 radical (unpaired) electrons. The second kappa shape index (κ2) is 10.0. The van der Waals surface area contributed by atoms with Gasteiger partial charge in [-0.25, -0.2) is 5.43 Å². The third kappa shape index (κ3) is 5.20. The van der Waals surface area contributed by atoms with E-state index in [1.54, 1.807) is 30.5 Å². The van der Waals surface area contributed by atoms with Crippen LogP contribution in [0.15, 0.2) is 41.6 Å². The Morgan fingerprint density at radius 1 is 1.08 bits per heavy atom. The van der Waals surface area contributed by atoms with Crippen molar-refractivity contribution in [2.75, 3.05) is 19.8 Å². The average molecular weight is 357 g/mol. The summed E-state index contributed by atoms with van der Waals surface area (Å²) in [6.45, 7) is 6.93. The lowest BCUT2D eigenvalue weighted by atomic mass is 10.1. The van der Waals surface area contributed by atoms with Gasteiger partial charge < -0.3 is 14.2 Å². The average Bonchev–Trinajstić information content (AvgIpc) is 2.65. The minimum absolute atomic E-state index is 0.360. The summed E-state index contributed by atoms with van der Waals surface area (Å²) in [6, 6.07) is 8.66. The van der Waals surface area contributed by atoms with Crippen LogP contribution in [0.5, 0.6) is 17.2 Å². The summed E-state index contributed by atoms with van der Waals surface area (Å²) in [5.74, 6) is 1.02. The molecule has 0 aliphatic heterocycles. The van der Waals surface area contributed by atoms with Gasteiger partial charge in [0.25, 0.3) is 5.91 Å². The van der Waals surface area contributed by atoms with Crippen LogP contribution in [-0.4, -0.2) is 36.9 Å². The van der Waals surface area contributed by atoms with E-state index < -0.39 is 0 Å². The van der Waals surface area contributed by atoms with Crippen LogP contribution >= 0.6 is 0 Å². The molecule has 1 aromatic heterocycles. The molecule has 7 heteroatoms. The fourth-order valence-corrected chi connectivity index (χ4v) is 2.19. The van der Waals surface area contributed by atoms with E-state index in [9.17, 15) is 4.79 Å².